The highest BCUT2D eigenvalue weighted by Crippen LogP contribution is 2.36. The molecule has 1 aliphatic rings. The third kappa shape index (κ3) is 2.26. The lowest BCUT2D eigenvalue weighted by Crippen LogP contribution is -2.38. The highest BCUT2D eigenvalue weighted by atomic mass is 19.4. The van der Waals surface area contributed by atoms with Gasteiger partial charge in [0.2, 0.25) is 5.91 Å². The Morgan fingerprint density at radius 1 is 1.35 bits per heavy atom. The molecule has 0 spiro atoms. The molecule has 6 heteroatoms. The number of hydrogen-bond acceptors (Lipinski definition) is 2. The summed E-state index contributed by atoms with van der Waals surface area (Å²) in [6.45, 7) is 1.74. The summed E-state index contributed by atoms with van der Waals surface area (Å²) in [5.74, 6) is -0.353. The second kappa shape index (κ2) is 4.03. The van der Waals surface area contributed by atoms with E-state index in [1.807, 2.05) is 0 Å². The molecule has 1 N–H and O–H groups in total. The van der Waals surface area contributed by atoms with Crippen LogP contribution in [0.2, 0.25) is 0 Å². The molecule has 0 bridgehead atoms. The van der Waals surface area contributed by atoms with E-state index in [-0.39, 0.29) is 24.1 Å². The summed E-state index contributed by atoms with van der Waals surface area (Å²) < 4.78 is 38.3. The zero-order chi connectivity index (χ0) is 12.6. The van der Waals surface area contributed by atoms with Crippen LogP contribution in [0.5, 0.6) is 0 Å². The molecule has 3 nitrogen and oxygen atoms in total. The Morgan fingerprint density at radius 2 is 2.00 bits per heavy atom. The molecule has 0 aliphatic carbocycles. The number of hydrogen-bond donors (Lipinski definition) is 1. The number of carbonyl (C=O) groups excluding carboxylic acids is 1. The number of alkyl halides is 3. The van der Waals surface area contributed by atoms with Crippen molar-refractivity contribution in [1.29, 1.82) is 0 Å². The number of nitrogens with one attached hydrogen (secondary N) is 1. The fourth-order valence-corrected chi connectivity index (χ4v) is 1.80. The van der Waals surface area contributed by atoms with Crippen LogP contribution in [0.25, 0.3) is 0 Å². The molecule has 1 heterocycles. The Kier molecular flexibility index (Phi) is 2.82. The number of amides is 1. The summed E-state index contributed by atoms with van der Waals surface area (Å²) >= 11 is 0. The highest BCUT2D eigenvalue weighted by molar-refractivity contribution is 5.95. The van der Waals surface area contributed by atoms with Crippen LogP contribution in [0.4, 0.5) is 18.9 Å². The minimum Gasteiger partial charge on any atom is -0.273 e. The number of halogens is 3. The van der Waals surface area contributed by atoms with E-state index >= 15 is 0 Å². The number of hydrazine groups is 1. The SMILES string of the molecule is CC1CC(=O)N(c2ccccc2C(F)(F)F)N1. The quantitative estimate of drug-likeness (QED) is 0.822. The lowest BCUT2D eigenvalue weighted by molar-refractivity contribution is -0.137. The Bertz CT molecular complexity index is 445. The number of para-hydroxylation sites is 1. The first-order chi connectivity index (χ1) is 7.89. The van der Waals surface area contributed by atoms with E-state index in [2.05, 4.69) is 5.43 Å². The van der Waals surface area contributed by atoms with E-state index in [0.717, 1.165) is 11.1 Å². The first-order valence-corrected chi connectivity index (χ1v) is 5.15. The normalized spacial score (nSPS) is 21.1. The predicted molar refractivity (Wildman–Crippen MR) is 56.1 cm³/mol. The van der Waals surface area contributed by atoms with Crippen LogP contribution in [0.3, 0.4) is 0 Å². The van der Waals surface area contributed by atoms with Gasteiger partial charge in [0.05, 0.1) is 11.3 Å². The van der Waals surface area contributed by atoms with Gasteiger partial charge in [-0.05, 0) is 19.1 Å². The number of rotatable bonds is 1. The number of anilines is 1. The Labute approximate surface area is 96.2 Å². The fourth-order valence-electron chi connectivity index (χ4n) is 1.80. The van der Waals surface area contributed by atoms with Gasteiger partial charge in [0.15, 0.2) is 0 Å². The average Bonchev–Trinajstić information content (AvgIpc) is 2.56. The molecule has 1 amide bonds. The molecule has 1 aromatic carbocycles. The van der Waals surface area contributed by atoms with E-state index in [1.165, 1.54) is 18.2 Å². The number of benzene rings is 1. The number of carbonyl (C=O) groups is 1. The Balaban J connectivity index is 2.42. The molecule has 0 saturated carbocycles. The minimum atomic E-state index is -4.47. The van der Waals surface area contributed by atoms with E-state index in [1.54, 1.807) is 6.92 Å². The standard InChI is InChI=1S/C11H11F3N2O/c1-7-6-10(17)16(15-7)9-5-3-2-4-8(9)11(12,13)14/h2-5,7,15H,6H2,1H3. The van der Waals surface area contributed by atoms with Gasteiger partial charge >= 0.3 is 6.18 Å². The van der Waals surface area contributed by atoms with Crippen molar-refractivity contribution in [1.82, 2.24) is 5.43 Å². The van der Waals surface area contributed by atoms with Crippen LogP contribution in [0.15, 0.2) is 24.3 Å². The minimum absolute atomic E-state index is 0.144. The topological polar surface area (TPSA) is 32.3 Å². The second-order valence-electron chi connectivity index (χ2n) is 3.98. The van der Waals surface area contributed by atoms with Crippen LogP contribution in [0.1, 0.15) is 18.9 Å². The summed E-state index contributed by atoms with van der Waals surface area (Å²) in [5, 5.41) is 0.980. The Morgan fingerprint density at radius 3 is 2.53 bits per heavy atom. The van der Waals surface area contributed by atoms with Gasteiger partial charge in [-0.2, -0.15) is 13.2 Å². The molecule has 1 fully saturated rings. The van der Waals surface area contributed by atoms with Gasteiger partial charge in [0, 0.05) is 12.5 Å². The molecule has 1 unspecified atom stereocenters. The summed E-state index contributed by atoms with van der Waals surface area (Å²) in [6, 6.07) is 4.88. The monoisotopic (exact) mass is 244 g/mol. The molecule has 1 saturated heterocycles. The number of nitrogens with zero attached hydrogens (tertiary/aromatic N) is 1. The molecule has 17 heavy (non-hydrogen) atoms. The van der Waals surface area contributed by atoms with Crippen LogP contribution in [-0.2, 0) is 11.0 Å². The maximum atomic E-state index is 12.8. The maximum Gasteiger partial charge on any atom is 0.418 e. The van der Waals surface area contributed by atoms with Crippen molar-refractivity contribution in [2.75, 3.05) is 5.01 Å². The van der Waals surface area contributed by atoms with Gasteiger partial charge in [-0.25, -0.2) is 10.4 Å². The van der Waals surface area contributed by atoms with Crippen molar-refractivity contribution in [2.45, 2.75) is 25.6 Å². The van der Waals surface area contributed by atoms with Crippen molar-refractivity contribution in [3.63, 3.8) is 0 Å². The van der Waals surface area contributed by atoms with Crippen molar-refractivity contribution in [3.8, 4) is 0 Å². The van der Waals surface area contributed by atoms with E-state index < -0.39 is 11.7 Å². The molecule has 1 aromatic rings. The zero-order valence-electron chi connectivity index (χ0n) is 9.08. The fraction of sp³-hybridized carbons (Fsp3) is 0.364. The third-order valence-corrected chi connectivity index (χ3v) is 2.53. The highest BCUT2D eigenvalue weighted by Gasteiger charge is 2.37. The molecule has 0 radical (unpaired) electrons. The molecular weight excluding hydrogens is 233 g/mol. The van der Waals surface area contributed by atoms with Gasteiger partial charge in [-0.1, -0.05) is 12.1 Å². The second-order valence-corrected chi connectivity index (χ2v) is 3.98. The van der Waals surface area contributed by atoms with Crippen LogP contribution < -0.4 is 10.4 Å². The maximum absolute atomic E-state index is 12.8. The van der Waals surface area contributed by atoms with Crippen molar-refractivity contribution in [3.05, 3.63) is 29.8 Å². The zero-order valence-corrected chi connectivity index (χ0v) is 9.08. The lowest BCUT2D eigenvalue weighted by Gasteiger charge is -2.21. The first-order valence-electron chi connectivity index (χ1n) is 5.15. The lowest BCUT2D eigenvalue weighted by atomic mass is 10.1. The van der Waals surface area contributed by atoms with E-state index in [9.17, 15) is 18.0 Å². The van der Waals surface area contributed by atoms with Gasteiger partial charge in [-0.15, -0.1) is 0 Å². The van der Waals surface area contributed by atoms with Crippen molar-refractivity contribution >= 4 is 11.6 Å². The van der Waals surface area contributed by atoms with Crippen LogP contribution in [0, 0.1) is 0 Å². The Hall–Kier alpha value is -1.56. The van der Waals surface area contributed by atoms with Crippen molar-refractivity contribution < 1.29 is 18.0 Å². The molecule has 1 aliphatic heterocycles. The smallest absolute Gasteiger partial charge is 0.273 e. The first kappa shape index (κ1) is 11.9. The van der Waals surface area contributed by atoms with Gasteiger partial charge in [0.25, 0.3) is 0 Å². The van der Waals surface area contributed by atoms with Crippen molar-refractivity contribution in [2.24, 2.45) is 0 Å². The van der Waals surface area contributed by atoms with E-state index in [4.69, 9.17) is 0 Å². The van der Waals surface area contributed by atoms with Gasteiger partial charge < -0.3 is 0 Å². The summed E-state index contributed by atoms with van der Waals surface area (Å²) in [5.41, 5.74) is 1.76. The van der Waals surface area contributed by atoms with Gasteiger partial charge in [-0.3, -0.25) is 4.79 Å². The molecular formula is C11H11F3N2O. The largest absolute Gasteiger partial charge is 0.418 e. The third-order valence-electron chi connectivity index (χ3n) is 2.53. The van der Waals surface area contributed by atoms with E-state index in [0.29, 0.717) is 0 Å². The molecule has 2 rings (SSSR count). The molecule has 0 aromatic heterocycles. The van der Waals surface area contributed by atoms with Crippen LogP contribution >= 0.6 is 0 Å². The average molecular weight is 244 g/mol. The predicted octanol–water partition coefficient (Wildman–Crippen LogP) is 2.34. The molecule has 1 atom stereocenters. The van der Waals surface area contributed by atoms with Crippen LogP contribution in [-0.4, -0.2) is 11.9 Å². The summed E-state index contributed by atoms with van der Waals surface area (Å²) in [4.78, 5) is 11.6. The summed E-state index contributed by atoms with van der Waals surface area (Å²) in [7, 11) is 0. The molecule has 92 valence electrons. The van der Waals surface area contributed by atoms with Gasteiger partial charge in [0.1, 0.15) is 0 Å². The summed E-state index contributed by atoms with van der Waals surface area (Å²) in [6.07, 6.45) is -4.27.